The number of hydrogen-bond donors (Lipinski definition) is 2. The molecule has 3 heterocycles. The van der Waals surface area contributed by atoms with E-state index < -0.39 is 0 Å². The minimum absolute atomic E-state index is 0.0718. The van der Waals surface area contributed by atoms with Gasteiger partial charge in [0.1, 0.15) is 0 Å². The summed E-state index contributed by atoms with van der Waals surface area (Å²) in [7, 11) is 0. The largest absolute Gasteiger partial charge is 0.492 e. The van der Waals surface area contributed by atoms with Crippen LogP contribution in [0.5, 0.6) is 5.88 Å². The highest BCUT2D eigenvalue weighted by atomic mass is 32.1. The molecule has 1 fully saturated rings. The lowest BCUT2D eigenvalue weighted by Gasteiger charge is -2.36. The quantitative estimate of drug-likeness (QED) is 0.687. The van der Waals surface area contributed by atoms with Gasteiger partial charge in [0, 0.05) is 12.3 Å². The van der Waals surface area contributed by atoms with Gasteiger partial charge in [-0.1, -0.05) is 48.1 Å². The summed E-state index contributed by atoms with van der Waals surface area (Å²) in [5, 5.41) is 15.4. The molecule has 28 heavy (non-hydrogen) atoms. The number of aromatic hydroxyl groups is 1. The smallest absolute Gasteiger partial charge is 0.230 e. The number of likely N-dealkylation sites (tertiary alicyclic amines) is 1. The zero-order valence-corrected chi connectivity index (χ0v) is 16.9. The van der Waals surface area contributed by atoms with E-state index in [9.17, 15) is 9.90 Å². The fourth-order valence-corrected chi connectivity index (χ4v) is 5.06. The molecule has 0 spiro atoms. The van der Waals surface area contributed by atoms with Crippen molar-refractivity contribution >= 4 is 22.2 Å². The van der Waals surface area contributed by atoms with Gasteiger partial charge in [-0.2, -0.15) is 4.52 Å². The highest BCUT2D eigenvalue weighted by Crippen LogP contribution is 2.41. The Hall–Kier alpha value is -2.45. The van der Waals surface area contributed by atoms with Crippen molar-refractivity contribution in [1.29, 1.82) is 0 Å². The molecule has 3 N–H and O–H groups in total. The molecule has 0 aliphatic carbocycles. The number of benzene rings is 1. The van der Waals surface area contributed by atoms with Gasteiger partial charge < -0.3 is 10.8 Å². The Morgan fingerprint density at radius 2 is 2.14 bits per heavy atom. The van der Waals surface area contributed by atoms with Gasteiger partial charge in [0.15, 0.2) is 5.82 Å². The number of primary amides is 1. The number of nitrogens with two attached hydrogens (primary N) is 1. The van der Waals surface area contributed by atoms with Crippen LogP contribution in [0.25, 0.3) is 4.96 Å². The zero-order valence-electron chi connectivity index (χ0n) is 16.1. The average molecular weight is 400 g/mol. The molecule has 0 unspecified atom stereocenters. The average Bonchev–Trinajstić information content (AvgIpc) is 3.22. The minimum atomic E-state index is -0.222. The van der Waals surface area contributed by atoms with Gasteiger partial charge in [0.25, 0.3) is 0 Å². The Balaban J connectivity index is 1.74. The first-order chi connectivity index (χ1) is 13.5. The Morgan fingerprint density at radius 3 is 2.75 bits per heavy atom. The van der Waals surface area contributed by atoms with E-state index in [0.717, 1.165) is 48.6 Å². The second-order valence-electron chi connectivity index (χ2n) is 7.40. The van der Waals surface area contributed by atoms with Crippen molar-refractivity contribution < 1.29 is 9.90 Å². The summed E-state index contributed by atoms with van der Waals surface area (Å²) in [6.07, 6.45) is 2.20. The first-order valence-corrected chi connectivity index (χ1v) is 10.5. The lowest BCUT2D eigenvalue weighted by Crippen LogP contribution is -2.40. The summed E-state index contributed by atoms with van der Waals surface area (Å²) < 4.78 is 1.54. The normalized spacial score (nSPS) is 17.2. The molecule has 4 rings (SSSR count). The van der Waals surface area contributed by atoms with Crippen molar-refractivity contribution in [1.82, 2.24) is 19.5 Å². The second-order valence-corrected chi connectivity index (χ2v) is 8.40. The van der Waals surface area contributed by atoms with Crippen LogP contribution in [0.3, 0.4) is 0 Å². The lowest BCUT2D eigenvalue weighted by atomic mass is 9.93. The molecule has 7 nitrogen and oxygen atoms in total. The number of thiazole rings is 1. The molecular formula is C20H25N5O2S. The fraction of sp³-hybridized carbons (Fsp3) is 0.450. The van der Waals surface area contributed by atoms with Crippen LogP contribution in [-0.4, -0.2) is 43.6 Å². The maximum atomic E-state index is 11.6. The Bertz CT molecular complexity index is 1000. The van der Waals surface area contributed by atoms with Crippen LogP contribution in [0.4, 0.5) is 0 Å². The van der Waals surface area contributed by atoms with E-state index in [1.807, 2.05) is 13.0 Å². The van der Waals surface area contributed by atoms with Gasteiger partial charge in [-0.25, -0.2) is 4.98 Å². The maximum Gasteiger partial charge on any atom is 0.230 e. The van der Waals surface area contributed by atoms with Crippen molar-refractivity contribution in [3.05, 3.63) is 46.1 Å². The summed E-state index contributed by atoms with van der Waals surface area (Å²) in [5.41, 5.74) is 7.79. The molecule has 1 atom stereocenters. The number of nitrogens with zero attached hydrogens (tertiary/aromatic N) is 4. The first kappa shape index (κ1) is 18.9. The lowest BCUT2D eigenvalue weighted by molar-refractivity contribution is -0.123. The molecule has 0 radical (unpaired) electrons. The molecule has 148 valence electrons. The molecule has 2 aromatic heterocycles. The van der Waals surface area contributed by atoms with Crippen LogP contribution >= 0.6 is 11.3 Å². The van der Waals surface area contributed by atoms with E-state index >= 15 is 0 Å². The van der Waals surface area contributed by atoms with Gasteiger partial charge in [0.2, 0.25) is 16.7 Å². The van der Waals surface area contributed by atoms with Gasteiger partial charge in [-0.15, -0.1) is 5.10 Å². The van der Waals surface area contributed by atoms with Crippen molar-refractivity contribution in [3.63, 3.8) is 0 Å². The van der Waals surface area contributed by atoms with Gasteiger partial charge in [-0.05, 0) is 38.4 Å². The monoisotopic (exact) mass is 399 g/mol. The third-order valence-electron chi connectivity index (χ3n) is 5.46. The number of aryl methyl sites for hydroxylation is 2. The Morgan fingerprint density at radius 1 is 1.39 bits per heavy atom. The number of piperidine rings is 1. The third-order valence-corrected chi connectivity index (χ3v) is 6.54. The molecular weight excluding hydrogens is 374 g/mol. The molecule has 0 saturated carbocycles. The maximum absolute atomic E-state index is 11.6. The molecule has 8 heteroatoms. The van der Waals surface area contributed by atoms with E-state index in [1.54, 1.807) is 0 Å². The predicted octanol–water partition coefficient (Wildman–Crippen LogP) is 2.65. The Labute approximate surface area is 167 Å². The number of hydrogen-bond acceptors (Lipinski definition) is 6. The molecule has 1 aliphatic heterocycles. The topological polar surface area (TPSA) is 96.8 Å². The molecule has 1 saturated heterocycles. The van der Waals surface area contributed by atoms with Crippen LogP contribution in [0.15, 0.2) is 24.3 Å². The fourth-order valence-electron chi connectivity index (χ4n) is 3.93. The number of carbonyl (C=O) groups excluding carboxylic acids is 1. The number of amides is 1. The van der Waals surface area contributed by atoms with E-state index in [1.165, 1.54) is 21.4 Å². The van der Waals surface area contributed by atoms with Crippen molar-refractivity contribution in [2.24, 2.45) is 11.7 Å². The predicted molar refractivity (Wildman–Crippen MR) is 108 cm³/mol. The van der Waals surface area contributed by atoms with Gasteiger partial charge >= 0.3 is 0 Å². The Kier molecular flexibility index (Phi) is 5.07. The van der Waals surface area contributed by atoms with Crippen LogP contribution in [0, 0.1) is 12.8 Å². The highest BCUT2D eigenvalue weighted by Gasteiger charge is 2.33. The van der Waals surface area contributed by atoms with Crippen molar-refractivity contribution in [2.75, 3.05) is 13.1 Å². The number of fused-ring (bicyclic) bond motifs is 1. The van der Waals surface area contributed by atoms with E-state index in [2.05, 4.69) is 40.1 Å². The zero-order chi connectivity index (χ0) is 19.8. The summed E-state index contributed by atoms with van der Waals surface area (Å²) >= 11 is 1.48. The standard InChI is InChI=1S/C20H25N5O2S/c1-3-15-22-20-25(23-15)19(27)17(28-20)16(14-6-4-5-12(2)11-14)24-9-7-13(8-10-24)18(21)26/h4-6,11,13,16,27H,3,7-10H2,1-2H3,(H2,21,26)/t16-/m0/s1. The molecule has 1 aromatic carbocycles. The molecule has 3 aromatic rings. The van der Waals surface area contributed by atoms with Gasteiger partial charge in [-0.3, -0.25) is 9.69 Å². The van der Waals surface area contributed by atoms with E-state index in [-0.39, 0.29) is 23.7 Å². The first-order valence-electron chi connectivity index (χ1n) is 9.65. The summed E-state index contributed by atoms with van der Waals surface area (Å²) in [6, 6.07) is 8.24. The molecule has 0 bridgehead atoms. The summed E-state index contributed by atoms with van der Waals surface area (Å²) in [5.74, 6) is 0.580. The van der Waals surface area contributed by atoms with E-state index in [4.69, 9.17) is 5.73 Å². The van der Waals surface area contributed by atoms with E-state index in [0.29, 0.717) is 4.96 Å². The second kappa shape index (κ2) is 7.52. The molecule has 1 aliphatic rings. The van der Waals surface area contributed by atoms with Gasteiger partial charge in [0.05, 0.1) is 10.9 Å². The van der Waals surface area contributed by atoms with Crippen molar-refractivity contribution in [3.8, 4) is 5.88 Å². The molecule has 1 amide bonds. The number of rotatable bonds is 5. The minimum Gasteiger partial charge on any atom is -0.492 e. The van der Waals surface area contributed by atoms with Crippen molar-refractivity contribution in [2.45, 2.75) is 39.2 Å². The SMILES string of the molecule is CCc1nc2sc([C@H](c3cccc(C)c3)N3CCC(C(N)=O)CC3)c(O)n2n1. The van der Waals surface area contributed by atoms with Crippen LogP contribution in [0.1, 0.15) is 47.6 Å². The third kappa shape index (κ3) is 3.38. The van der Waals surface area contributed by atoms with Crippen LogP contribution in [0.2, 0.25) is 0 Å². The van der Waals surface area contributed by atoms with Crippen LogP contribution < -0.4 is 5.73 Å². The number of aromatic nitrogens is 3. The summed E-state index contributed by atoms with van der Waals surface area (Å²) in [6.45, 7) is 5.56. The highest BCUT2D eigenvalue weighted by molar-refractivity contribution is 7.17. The van der Waals surface area contributed by atoms with Crippen LogP contribution in [-0.2, 0) is 11.2 Å². The summed E-state index contributed by atoms with van der Waals surface area (Å²) in [4.78, 5) is 19.9. The number of carbonyl (C=O) groups is 1.